The maximum atomic E-state index is 12.8. The van der Waals surface area contributed by atoms with Crippen molar-refractivity contribution in [3.8, 4) is 0 Å². The molecule has 12 heavy (non-hydrogen) atoms. The van der Waals surface area contributed by atoms with Crippen molar-refractivity contribution in [2.24, 2.45) is 0 Å². The van der Waals surface area contributed by atoms with Crippen molar-refractivity contribution < 1.29 is 4.39 Å². The number of benzene rings is 1. The van der Waals surface area contributed by atoms with Crippen LogP contribution in [0.3, 0.4) is 0 Å². The summed E-state index contributed by atoms with van der Waals surface area (Å²) in [5.41, 5.74) is 0.563. The first kappa shape index (κ1) is 11.9. The van der Waals surface area contributed by atoms with E-state index in [-0.39, 0.29) is 10.8 Å². The molecule has 0 amide bonds. The number of hydrogen-bond donors (Lipinski definition) is 0. The highest BCUT2D eigenvalue weighted by atomic mass is 79.9. The first-order valence-electron chi connectivity index (χ1n) is 3.73. The van der Waals surface area contributed by atoms with Gasteiger partial charge in [0.25, 0.3) is 0 Å². The Hall–Kier alpha value is -0.0800. The Morgan fingerprint density at radius 2 is 1.83 bits per heavy atom. The van der Waals surface area contributed by atoms with Gasteiger partial charge in [-0.3, -0.25) is 0 Å². The van der Waals surface area contributed by atoms with E-state index >= 15 is 0 Å². The normalized spacial score (nSPS) is 8.83. The van der Waals surface area contributed by atoms with Crippen molar-refractivity contribution in [2.45, 2.75) is 20.8 Å². The number of hydrogen-bond acceptors (Lipinski definition) is 0. The fraction of sp³-hybridized carbons (Fsp3) is 0.333. The van der Waals surface area contributed by atoms with Crippen LogP contribution in [0.5, 0.6) is 0 Å². The van der Waals surface area contributed by atoms with Gasteiger partial charge in [-0.05, 0) is 34.5 Å². The summed E-state index contributed by atoms with van der Waals surface area (Å²) in [5, 5.41) is 0.153. The molecule has 0 spiro atoms. The molecular formula is C9H11BrClF. The summed E-state index contributed by atoms with van der Waals surface area (Å²) in [4.78, 5) is 0. The Morgan fingerprint density at radius 3 is 2.25 bits per heavy atom. The lowest BCUT2D eigenvalue weighted by atomic mass is 10.2. The molecule has 0 aliphatic rings. The van der Waals surface area contributed by atoms with E-state index in [0.717, 1.165) is 0 Å². The van der Waals surface area contributed by atoms with Gasteiger partial charge in [-0.1, -0.05) is 31.5 Å². The Balaban J connectivity index is 0.000000561. The molecule has 3 heteroatoms. The molecular weight excluding hydrogens is 242 g/mol. The third-order valence-electron chi connectivity index (χ3n) is 1.23. The lowest BCUT2D eigenvalue weighted by molar-refractivity contribution is 0.618. The van der Waals surface area contributed by atoms with Gasteiger partial charge in [0.05, 0.1) is 5.02 Å². The van der Waals surface area contributed by atoms with E-state index in [0.29, 0.717) is 10.0 Å². The second-order valence-electron chi connectivity index (χ2n) is 1.99. The van der Waals surface area contributed by atoms with Crippen LogP contribution in [0.1, 0.15) is 19.4 Å². The predicted octanol–water partition coefficient (Wildman–Crippen LogP) is 4.58. The van der Waals surface area contributed by atoms with Gasteiger partial charge in [0.15, 0.2) is 0 Å². The molecule has 1 aromatic carbocycles. The summed E-state index contributed by atoms with van der Waals surface area (Å²) < 4.78 is 13.4. The highest BCUT2D eigenvalue weighted by Gasteiger charge is 2.05. The molecule has 0 unspecified atom stereocenters. The maximum Gasteiger partial charge on any atom is 0.145 e. The van der Waals surface area contributed by atoms with Gasteiger partial charge in [-0.15, -0.1) is 0 Å². The number of rotatable bonds is 0. The molecule has 0 saturated carbocycles. The van der Waals surface area contributed by atoms with Crippen molar-refractivity contribution in [3.05, 3.63) is 33.0 Å². The second kappa shape index (κ2) is 5.55. The first-order valence-corrected chi connectivity index (χ1v) is 4.90. The molecule has 0 fully saturated rings. The molecule has 0 N–H and O–H groups in total. The second-order valence-corrected chi connectivity index (χ2v) is 3.22. The van der Waals surface area contributed by atoms with E-state index in [1.54, 1.807) is 19.1 Å². The minimum absolute atomic E-state index is 0.153. The van der Waals surface area contributed by atoms with Crippen LogP contribution in [0.15, 0.2) is 16.6 Å². The zero-order valence-electron chi connectivity index (χ0n) is 7.29. The third-order valence-corrected chi connectivity index (χ3v) is 2.49. The summed E-state index contributed by atoms with van der Waals surface area (Å²) in [7, 11) is 0. The molecule has 0 aliphatic carbocycles. The van der Waals surface area contributed by atoms with Crippen LogP contribution >= 0.6 is 27.5 Å². The predicted molar refractivity (Wildman–Crippen MR) is 55.2 cm³/mol. The monoisotopic (exact) mass is 252 g/mol. The molecule has 0 saturated heterocycles. The van der Waals surface area contributed by atoms with Gasteiger partial charge in [0.2, 0.25) is 0 Å². The summed E-state index contributed by atoms with van der Waals surface area (Å²) in [5.74, 6) is -0.351. The largest absolute Gasteiger partial charge is 0.205 e. The molecule has 1 aromatic rings. The van der Waals surface area contributed by atoms with Gasteiger partial charge < -0.3 is 0 Å². The van der Waals surface area contributed by atoms with E-state index in [9.17, 15) is 4.39 Å². The van der Waals surface area contributed by atoms with E-state index < -0.39 is 0 Å². The molecule has 0 atom stereocenters. The lowest BCUT2D eigenvalue weighted by Crippen LogP contribution is -1.83. The third kappa shape index (κ3) is 2.76. The summed E-state index contributed by atoms with van der Waals surface area (Å²) in [6, 6.07) is 3.39. The Labute approximate surface area is 85.9 Å². The van der Waals surface area contributed by atoms with Crippen LogP contribution in [-0.4, -0.2) is 0 Å². The van der Waals surface area contributed by atoms with E-state index in [1.807, 2.05) is 13.8 Å². The van der Waals surface area contributed by atoms with Crippen molar-refractivity contribution in [3.63, 3.8) is 0 Å². The van der Waals surface area contributed by atoms with Crippen LogP contribution in [0, 0.1) is 12.7 Å². The zero-order valence-corrected chi connectivity index (χ0v) is 9.63. The molecule has 68 valence electrons. The lowest BCUT2D eigenvalue weighted by Gasteiger charge is -1.99. The van der Waals surface area contributed by atoms with Crippen LogP contribution in [0.4, 0.5) is 4.39 Å². The van der Waals surface area contributed by atoms with E-state index in [1.165, 1.54) is 0 Å². The molecule has 0 radical (unpaired) electrons. The molecule has 0 aromatic heterocycles. The van der Waals surface area contributed by atoms with E-state index in [4.69, 9.17) is 11.6 Å². The minimum atomic E-state index is -0.351. The Bertz CT molecular complexity index is 234. The van der Waals surface area contributed by atoms with Gasteiger partial charge in [0.1, 0.15) is 5.82 Å². The van der Waals surface area contributed by atoms with Crippen molar-refractivity contribution >= 4 is 27.5 Å². The zero-order chi connectivity index (χ0) is 9.72. The van der Waals surface area contributed by atoms with Crippen LogP contribution in [0.25, 0.3) is 0 Å². The minimum Gasteiger partial charge on any atom is -0.205 e. The van der Waals surface area contributed by atoms with Gasteiger partial charge >= 0.3 is 0 Å². The fourth-order valence-electron chi connectivity index (χ4n) is 0.622. The average molecular weight is 254 g/mol. The molecule has 0 bridgehead atoms. The van der Waals surface area contributed by atoms with Crippen molar-refractivity contribution in [2.75, 3.05) is 0 Å². The Morgan fingerprint density at radius 1 is 1.33 bits per heavy atom. The molecule has 0 nitrogen and oxygen atoms in total. The van der Waals surface area contributed by atoms with Crippen LogP contribution < -0.4 is 0 Å². The quantitative estimate of drug-likeness (QED) is 0.594. The van der Waals surface area contributed by atoms with E-state index in [2.05, 4.69) is 15.9 Å². The maximum absolute atomic E-state index is 12.8. The summed E-state index contributed by atoms with van der Waals surface area (Å²) in [6.07, 6.45) is 0. The summed E-state index contributed by atoms with van der Waals surface area (Å²) >= 11 is 8.67. The standard InChI is InChI=1S/C7H5BrClF.C2H6/c1-4-2-3-5(8)6(9)7(4)10;1-2/h2-3H,1H3;1-2H3. The Kier molecular flexibility index (Phi) is 5.51. The highest BCUT2D eigenvalue weighted by molar-refractivity contribution is 9.10. The molecule has 0 aliphatic heterocycles. The average Bonchev–Trinajstić information content (AvgIpc) is 2.12. The van der Waals surface area contributed by atoms with Gasteiger partial charge in [0, 0.05) is 4.47 Å². The SMILES string of the molecule is CC.Cc1ccc(Br)c(Cl)c1F. The van der Waals surface area contributed by atoms with Crippen LogP contribution in [-0.2, 0) is 0 Å². The van der Waals surface area contributed by atoms with Gasteiger partial charge in [-0.2, -0.15) is 0 Å². The molecule has 1 rings (SSSR count). The van der Waals surface area contributed by atoms with Crippen molar-refractivity contribution in [1.82, 2.24) is 0 Å². The first-order chi connectivity index (χ1) is 5.63. The van der Waals surface area contributed by atoms with Crippen molar-refractivity contribution in [1.29, 1.82) is 0 Å². The molecule has 0 heterocycles. The fourth-order valence-corrected chi connectivity index (χ4v) is 1.14. The summed E-state index contributed by atoms with van der Waals surface area (Å²) in [6.45, 7) is 5.67. The number of halogens is 3. The van der Waals surface area contributed by atoms with Crippen LogP contribution in [0.2, 0.25) is 5.02 Å². The van der Waals surface area contributed by atoms with Gasteiger partial charge in [-0.25, -0.2) is 4.39 Å². The smallest absolute Gasteiger partial charge is 0.145 e. The highest BCUT2D eigenvalue weighted by Crippen LogP contribution is 2.26. The number of aryl methyl sites for hydroxylation is 1. The topological polar surface area (TPSA) is 0 Å².